The quantitative estimate of drug-likeness (QED) is 0.750. The van der Waals surface area contributed by atoms with Gasteiger partial charge in [-0.3, -0.25) is 0 Å². The fraction of sp³-hybridized carbons (Fsp3) is 0.462. The number of rotatable bonds is 2. The van der Waals surface area contributed by atoms with Crippen LogP contribution in [0.15, 0.2) is 18.3 Å². The average Bonchev–Trinajstić information content (AvgIpc) is 2.42. The zero-order valence-electron chi connectivity index (χ0n) is 11.1. The Morgan fingerprint density at radius 3 is 2.90 bits per heavy atom. The standard InChI is InChI=1S/C13H17N3O4/c1-8-7-16(6-4-10(8)17)13(20)15-9-3-2-5-14-11(9)12(18)19/h2-3,5,8,10,17H,4,6-7H2,1H3,(H,15,20)(H,18,19). The van der Waals surface area contributed by atoms with Gasteiger partial charge in [-0.25, -0.2) is 14.6 Å². The van der Waals surface area contributed by atoms with Crippen molar-refractivity contribution < 1.29 is 19.8 Å². The molecule has 1 aromatic rings. The fourth-order valence-corrected chi connectivity index (χ4v) is 2.19. The summed E-state index contributed by atoms with van der Waals surface area (Å²) in [6.07, 6.45) is 1.48. The van der Waals surface area contributed by atoms with E-state index >= 15 is 0 Å². The number of aromatic carboxylic acids is 1. The van der Waals surface area contributed by atoms with Crippen LogP contribution in [0.4, 0.5) is 10.5 Å². The van der Waals surface area contributed by atoms with Crippen LogP contribution in [-0.2, 0) is 0 Å². The molecule has 2 rings (SSSR count). The molecule has 1 aromatic heterocycles. The zero-order chi connectivity index (χ0) is 14.7. The number of pyridine rings is 1. The molecule has 0 aliphatic carbocycles. The summed E-state index contributed by atoms with van der Waals surface area (Å²) < 4.78 is 0. The molecule has 0 aromatic carbocycles. The predicted octanol–water partition coefficient (Wildman–Crippen LogP) is 1.01. The van der Waals surface area contributed by atoms with Crippen molar-refractivity contribution >= 4 is 17.7 Å². The minimum Gasteiger partial charge on any atom is -0.476 e. The maximum atomic E-state index is 12.1. The Kier molecular flexibility index (Phi) is 4.19. The second kappa shape index (κ2) is 5.87. The molecule has 108 valence electrons. The topological polar surface area (TPSA) is 103 Å². The highest BCUT2D eigenvalue weighted by Crippen LogP contribution is 2.18. The molecule has 2 atom stereocenters. The fourth-order valence-electron chi connectivity index (χ4n) is 2.19. The number of hydrogen-bond donors (Lipinski definition) is 3. The minimum absolute atomic E-state index is 0.00217. The molecule has 0 saturated carbocycles. The summed E-state index contributed by atoms with van der Waals surface area (Å²) >= 11 is 0. The second-order valence-corrected chi connectivity index (χ2v) is 4.91. The number of aliphatic hydroxyl groups excluding tert-OH is 1. The molecule has 7 nitrogen and oxygen atoms in total. The second-order valence-electron chi connectivity index (χ2n) is 4.91. The summed E-state index contributed by atoms with van der Waals surface area (Å²) in [7, 11) is 0. The van der Waals surface area contributed by atoms with Crippen LogP contribution >= 0.6 is 0 Å². The smallest absolute Gasteiger partial charge is 0.356 e. The minimum atomic E-state index is -1.19. The third kappa shape index (κ3) is 3.05. The van der Waals surface area contributed by atoms with Crippen LogP contribution in [0.25, 0.3) is 0 Å². The lowest BCUT2D eigenvalue weighted by Crippen LogP contribution is -2.46. The van der Waals surface area contributed by atoms with Crippen molar-refractivity contribution in [1.82, 2.24) is 9.88 Å². The van der Waals surface area contributed by atoms with Crippen LogP contribution < -0.4 is 5.32 Å². The van der Waals surface area contributed by atoms with Crippen molar-refractivity contribution in [2.24, 2.45) is 5.92 Å². The first-order valence-electron chi connectivity index (χ1n) is 6.41. The maximum absolute atomic E-state index is 12.1. The van der Waals surface area contributed by atoms with Crippen LogP contribution in [0.3, 0.4) is 0 Å². The van der Waals surface area contributed by atoms with Gasteiger partial charge in [0.15, 0.2) is 5.69 Å². The number of carbonyl (C=O) groups excluding carboxylic acids is 1. The van der Waals surface area contributed by atoms with Crippen molar-refractivity contribution in [3.8, 4) is 0 Å². The third-order valence-corrected chi connectivity index (χ3v) is 3.40. The van der Waals surface area contributed by atoms with Crippen LogP contribution in [0, 0.1) is 5.92 Å². The van der Waals surface area contributed by atoms with E-state index < -0.39 is 12.1 Å². The predicted molar refractivity (Wildman–Crippen MR) is 71.6 cm³/mol. The Hall–Kier alpha value is -2.15. The first kappa shape index (κ1) is 14.3. The summed E-state index contributed by atoms with van der Waals surface area (Å²) in [5.74, 6) is -1.19. The van der Waals surface area contributed by atoms with Gasteiger partial charge in [0.1, 0.15) is 0 Å². The molecule has 2 amide bonds. The number of nitrogens with zero attached hydrogens (tertiary/aromatic N) is 2. The van der Waals surface area contributed by atoms with Gasteiger partial charge in [0.05, 0.1) is 11.8 Å². The highest BCUT2D eigenvalue weighted by atomic mass is 16.4. The van der Waals surface area contributed by atoms with Gasteiger partial charge in [-0.05, 0) is 24.5 Å². The molecule has 1 aliphatic heterocycles. The number of carboxylic acid groups (broad SMARTS) is 1. The van der Waals surface area contributed by atoms with E-state index in [0.717, 1.165) is 0 Å². The lowest BCUT2D eigenvalue weighted by Gasteiger charge is -2.34. The van der Waals surface area contributed by atoms with Crippen LogP contribution in [-0.4, -0.2) is 51.3 Å². The van der Waals surface area contributed by atoms with Gasteiger partial charge in [-0.1, -0.05) is 6.92 Å². The molecule has 0 radical (unpaired) electrons. The molecule has 0 bridgehead atoms. The van der Waals surface area contributed by atoms with Crippen LogP contribution in [0.2, 0.25) is 0 Å². The zero-order valence-corrected chi connectivity index (χ0v) is 11.1. The van der Waals surface area contributed by atoms with Gasteiger partial charge in [0.25, 0.3) is 0 Å². The molecular formula is C13H17N3O4. The molecule has 0 spiro atoms. The summed E-state index contributed by atoms with van der Waals surface area (Å²) in [4.78, 5) is 28.4. The number of carboxylic acids is 1. The van der Waals surface area contributed by atoms with Crippen molar-refractivity contribution in [1.29, 1.82) is 0 Å². The van der Waals surface area contributed by atoms with E-state index in [1.165, 1.54) is 12.3 Å². The van der Waals surface area contributed by atoms with E-state index in [1.807, 2.05) is 6.92 Å². The Morgan fingerprint density at radius 1 is 1.50 bits per heavy atom. The van der Waals surface area contributed by atoms with Crippen molar-refractivity contribution in [2.75, 3.05) is 18.4 Å². The van der Waals surface area contributed by atoms with E-state index in [9.17, 15) is 14.7 Å². The van der Waals surface area contributed by atoms with Gasteiger partial charge in [0.2, 0.25) is 0 Å². The number of urea groups is 1. The third-order valence-electron chi connectivity index (χ3n) is 3.40. The lowest BCUT2D eigenvalue weighted by atomic mass is 9.97. The van der Waals surface area contributed by atoms with Gasteiger partial charge in [0, 0.05) is 19.3 Å². The van der Waals surface area contributed by atoms with E-state index in [1.54, 1.807) is 11.0 Å². The van der Waals surface area contributed by atoms with Gasteiger partial charge in [-0.2, -0.15) is 0 Å². The first-order valence-corrected chi connectivity index (χ1v) is 6.41. The van der Waals surface area contributed by atoms with Crippen LogP contribution in [0.5, 0.6) is 0 Å². The number of aromatic nitrogens is 1. The number of hydrogen-bond acceptors (Lipinski definition) is 4. The molecule has 1 saturated heterocycles. The average molecular weight is 279 g/mol. The largest absolute Gasteiger partial charge is 0.476 e. The number of nitrogens with one attached hydrogen (secondary N) is 1. The Labute approximate surface area is 116 Å². The Bertz CT molecular complexity index is 520. The first-order chi connectivity index (χ1) is 9.49. The van der Waals surface area contributed by atoms with Gasteiger partial charge in [-0.15, -0.1) is 0 Å². The number of carbonyl (C=O) groups is 2. The number of amides is 2. The molecule has 2 unspecified atom stereocenters. The van der Waals surface area contributed by atoms with E-state index in [0.29, 0.717) is 19.5 Å². The summed E-state index contributed by atoms with van der Waals surface area (Å²) in [5.41, 5.74) is -0.0188. The SMILES string of the molecule is CC1CN(C(=O)Nc2cccnc2C(=O)O)CCC1O. The number of piperidine rings is 1. The van der Waals surface area contributed by atoms with E-state index in [4.69, 9.17) is 5.11 Å². The van der Waals surface area contributed by atoms with Crippen molar-refractivity contribution in [3.63, 3.8) is 0 Å². The molecule has 1 aliphatic rings. The van der Waals surface area contributed by atoms with Crippen LogP contribution in [0.1, 0.15) is 23.8 Å². The highest BCUT2D eigenvalue weighted by Gasteiger charge is 2.27. The maximum Gasteiger partial charge on any atom is 0.356 e. The van der Waals surface area contributed by atoms with Crippen molar-refractivity contribution in [3.05, 3.63) is 24.0 Å². The number of aliphatic hydroxyl groups is 1. The molecule has 20 heavy (non-hydrogen) atoms. The lowest BCUT2D eigenvalue weighted by molar-refractivity contribution is 0.0506. The molecule has 1 fully saturated rings. The molecule has 2 heterocycles. The van der Waals surface area contributed by atoms with Gasteiger partial charge >= 0.3 is 12.0 Å². The van der Waals surface area contributed by atoms with Gasteiger partial charge < -0.3 is 20.4 Å². The van der Waals surface area contributed by atoms with Crippen molar-refractivity contribution in [2.45, 2.75) is 19.4 Å². The number of anilines is 1. The molecular weight excluding hydrogens is 262 g/mol. The highest BCUT2D eigenvalue weighted by molar-refractivity contribution is 5.98. The monoisotopic (exact) mass is 279 g/mol. The summed E-state index contributed by atoms with van der Waals surface area (Å²) in [5, 5.41) is 21.2. The Balaban J connectivity index is 2.07. The molecule has 7 heteroatoms. The molecule has 3 N–H and O–H groups in total. The summed E-state index contributed by atoms with van der Waals surface area (Å²) in [6.45, 7) is 2.76. The Morgan fingerprint density at radius 2 is 2.25 bits per heavy atom. The van der Waals surface area contributed by atoms with E-state index in [-0.39, 0.29) is 23.3 Å². The number of likely N-dealkylation sites (tertiary alicyclic amines) is 1. The normalized spacial score (nSPS) is 22.4. The summed E-state index contributed by atoms with van der Waals surface area (Å²) in [6, 6.07) is 2.68. The van der Waals surface area contributed by atoms with E-state index in [2.05, 4.69) is 10.3 Å².